The molecular weight excluding hydrogens is 184 g/mol. The van der Waals surface area contributed by atoms with E-state index in [1.165, 1.54) is 32.4 Å². The third kappa shape index (κ3) is 2.73. The molecule has 2 unspecified atom stereocenters. The first-order chi connectivity index (χ1) is 6.99. The van der Waals surface area contributed by atoms with Crippen LogP contribution < -0.4 is 5.32 Å². The zero-order chi connectivity index (χ0) is 11.1. The van der Waals surface area contributed by atoms with Crippen LogP contribution in [0.1, 0.15) is 40.0 Å². The van der Waals surface area contributed by atoms with Crippen molar-refractivity contribution in [2.45, 2.75) is 52.1 Å². The quantitative estimate of drug-likeness (QED) is 0.767. The number of hydrogen-bond acceptors (Lipinski definition) is 2. The fourth-order valence-corrected chi connectivity index (χ4v) is 2.73. The lowest BCUT2D eigenvalue weighted by atomic mass is 9.90. The fraction of sp³-hybridized carbons (Fsp3) is 1.00. The van der Waals surface area contributed by atoms with Gasteiger partial charge < -0.3 is 10.2 Å². The molecule has 0 aromatic heterocycles. The Hall–Kier alpha value is -0.0800. The van der Waals surface area contributed by atoms with Crippen molar-refractivity contribution in [1.82, 2.24) is 10.2 Å². The third-order valence-corrected chi connectivity index (χ3v) is 4.45. The molecule has 1 aliphatic heterocycles. The van der Waals surface area contributed by atoms with Crippen molar-refractivity contribution in [2.24, 2.45) is 11.3 Å². The second-order valence-electron chi connectivity index (χ2n) is 6.34. The van der Waals surface area contributed by atoms with Gasteiger partial charge in [-0.1, -0.05) is 13.8 Å². The van der Waals surface area contributed by atoms with Crippen LogP contribution in [-0.4, -0.2) is 37.1 Å². The molecule has 15 heavy (non-hydrogen) atoms. The zero-order valence-electron chi connectivity index (χ0n) is 10.7. The predicted octanol–water partition coefficient (Wildman–Crippen LogP) is 2.10. The highest BCUT2D eigenvalue weighted by Crippen LogP contribution is 2.45. The average molecular weight is 210 g/mol. The van der Waals surface area contributed by atoms with Crippen molar-refractivity contribution in [2.75, 3.05) is 20.1 Å². The summed E-state index contributed by atoms with van der Waals surface area (Å²) in [6.07, 6.45) is 4.11. The maximum Gasteiger partial charge on any atom is 0.0127 e. The van der Waals surface area contributed by atoms with E-state index in [4.69, 9.17) is 0 Å². The molecule has 0 spiro atoms. The zero-order valence-corrected chi connectivity index (χ0v) is 10.7. The number of nitrogens with one attached hydrogen (secondary N) is 1. The molecule has 2 aliphatic rings. The SMILES string of the molecule is CC(NC1CC1(C)C)C1CCN(C)CC1. The molecule has 2 heteroatoms. The number of nitrogens with zero attached hydrogens (tertiary/aromatic N) is 1. The van der Waals surface area contributed by atoms with Gasteiger partial charge in [-0.05, 0) is 57.7 Å². The van der Waals surface area contributed by atoms with Gasteiger partial charge in [0.2, 0.25) is 0 Å². The summed E-state index contributed by atoms with van der Waals surface area (Å²) < 4.78 is 0. The Morgan fingerprint density at radius 3 is 2.27 bits per heavy atom. The minimum atomic E-state index is 0.569. The van der Waals surface area contributed by atoms with Crippen LogP contribution >= 0.6 is 0 Å². The second-order valence-corrected chi connectivity index (χ2v) is 6.34. The van der Waals surface area contributed by atoms with E-state index in [0.717, 1.165) is 12.0 Å². The Morgan fingerprint density at radius 2 is 1.80 bits per heavy atom. The topological polar surface area (TPSA) is 15.3 Å². The molecular formula is C13H26N2. The van der Waals surface area contributed by atoms with Gasteiger partial charge in [-0.2, -0.15) is 0 Å². The first kappa shape index (κ1) is 11.4. The molecule has 1 saturated carbocycles. The Bertz CT molecular complexity index is 217. The summed E-state index contributed by atoms with van der Waals surface area (Å²) >= 11 is 0. The van der Waals surface area contributed by atoms with Crippen molar-refractivity contribution >= 4 is 0 Å². The molecule has 1 N–H and O–H groups in total. The highest BCUT2D eigenvalue weighted by atomic mass is 15.1. The van der Waals surface area contributed by atoms with E-state index in [1.807, 2.05) is 0 Å². The van der Waals surface area contributed by atoms with E-state index in [-0.39, 0.29) is 0 Å². The maximum absolute atomic E-state index is 3.81. The standard InChI is InChI=1S/C13H26N2/c1-10(14-12-9-13(12,2)3)11-5-7-15(4)8-6-11/h10-12,14H,5-9H2,1-4H3. The first-order valence-corrected chi connectivity index (χ1v) is 6.43. The van der Waals surface area contributed by atoms with E-state index in [2.05, 4.69) is 38.0 Å². The van der Waals surface area contributed by atoms with E-state index < -0.39 is 0 Å². The Balaban J connectivity index is 1.74. The molecule has 0 radical (unpaired) electrons. The van der Waals surface area contributed by atoms with Gasteiger partial charge in [0, 0.05) is 12.1 Å². The van der Waals surface area contributed by atoms with Gasteiger partial charge >= 0.3 is 0 Å². The largest absolute Gasteiger partial charge is 0.311 e. The van der Waals surface area contributed by atoms with Crippen LogP contribution in [0.4, 0.5) is 0 Å². The maximum atomic E-state index is 3.81. The summed E-state index contributed by atoms with van der Waals surface area (Å²) in [5, 5.41) is 3.81. The highest BCUT2D eigenvalue weighted by molar-refractivity contribution is 5.02. The van der Waals surface area contributed by atoms with Crippen LogP contribution in [-0.2, 0) is 0 Å². The lowest BCUT2D eigenvalue weighted by molar-refractivity contribution is 0.187. The molecule has 0 aromatic carbocycles. The smallest absolute Gasteiger partial charge is 0.0127 e. The first-order valence-electron chi connectivity index (χ1n) is 6.43. The minimum Gasteiger partial charge on any atom is -0.311 e. The van der Waals surface area contributed by atoms with Crippen molar-refractivity contribution < 1.29 is 0 Å². The average Bonchev–Trinajstić information content (AvgIpc) is 2.74. The van der Waals surface area contributed by atoms with E-state index in [9.17, 15) is 0 Å². The van der Waals surface area contributed by atoms with Crippen LogP contribution in [0.3, 0.4) is 0 Å². The highest BCUT2D eigenvalue weighted by Gasteiger charge is 2.46. The molecule has 0 bridgehead atoms. The van der Waals surface area contributed by atoms with Crippen molar-refractivity contribution in [3.63, 3.8) is 0 Å². The second kappa shape index (κ2) is 4.06. The molecule has 2 rings (SSSR count). The third-order valence-electron chi connectivity index (χ3n) is 4.45. The van der Waals surface area contributed by atoms with Crippen LogP contribution in [0.15, 0.2) is 0 Å². The molecule has 2 nitrogen and oxygen atoms in total. The van der Waals surface area contributed by atoms with Gasteiger partial charge in [0.05, 0.1) is 0 Å². The van der Waals surface area contributed by atoms with Gasteiger partial charge in [-0.25, -0.2) is 0 Å². The van der Waals surface area contributed by atoms with Crippen LogP contribution in [0.5, 0.6) is 0 Å². The summed E-state index contributed by atoms with van der Waals surface area (Å²) in [5.41, 5.74) is 0.569. The predicted molar refractivity (Wildman–Crippen MR) is 65.0 cm³/mol. The van der Waals surface area contributed by atoms with Gasteiger partial charge in [0.25, 0.3) is 0 Å². The van der Waals surface area contributed by atoms with Gasteiger partial charge in [-0.3, -0.25) is 0 Å². The van der Waals surface area contributed by atoms with Gasteiger partial charge in [0.1, 0.15) is 0 Å². The molecule has 1 heterocycles. The van der Waals surface area contributed by atoms with E-state index >= 15 is 0 Å². The van der Waals surface area contributed by atoms with E-state index in [1.54, 1.807) is 0 Å². The number of rotatable bonds is 3. The number of piperidine rings is 1. The van der Waals surface area contributed by atoms with Crippen molar-refractivity contribution in [3.8, 4) is 0 Å². The van der Waals surface area contributed by atoms with Crippen LogP contribution in [0, 0.1) is 11.3 Å². The van der Waals surface area contributed by atoms with Crippen molar-refractivity contribution in [3.05, 3.63) is 0 Å². The molecule has 0 aromatic rings. The lowest BCUT2D eigenvalue weighted by Gasteiger charge is -2.33. The molecule has 2 atom stereocenters. The van der Waals surface area contributed by atoms with Gasteiger partial charge in [-0.15, -0.1) is 0 Å². The molecule has 1 aliphatic carbocycles. The molecule has 2 fully saturated rings. The summed E-state index contributed by atoms with van der Waals surface area (Å²) in [4.78, 5) is 2.45. The lowest BCUT2D eigenvalue weighted by Crippen LogP contribution is -2.42. The summed E-state index contributed by atoms with van der Waals surface area (Å²) in [7, 11) is 2.23. The Morgan fingerprint density at radius 1 is 1.27 bits per heavy atom. The Kier molecular flexibility index (Phi) is 3.09. The Labute approximate surface area is 94.4 Å². The summed E-state index contributed by atoms with van der Waals surface area (Å²) in [6.45, 7) is 9.68. The van der Waals surface area contributed by atoms with E-state index in [0.29, 0.717) is 11.5 Å². The monoisotopic (exact) mass is 210 g/mol. The minimum absolute atomic E-state index is 0.569. The van der Waals surface area contributed by atoms with Crippen molar-refractivity contribution in [1.29, 1.82) is 0 Å². The summed E-state index contributed by atoms with van der Waals surface area (Å²) in [5.74, 6) is 0.901. The molecule has 1 saturated heterocycles. The number of likely N-dealkylation sites (tertiary alicyclic amines) is 1. The van der Waals surface area contributed by atoms with Crippen LogP contribution in [0.25, 0.3) is 0 Å². The molecule has 0 amide bonds. The fourth-order valence-electron chi connectivity index (χ4n) is 2.73. The summed E-state index contributed by atoms with van der Waals surface area (Å²) in [6, 6.07) is 1.50. The molecule has 88 valence electrons. The van der Waals surface area contributed by atoms with Gasteiger partial charge in [0.15, 0.2) is 0 Å². The number of hydrogen-bond donors (Lipinski definition) is 1. The van der Waals surface area contributed by atoms with Crippen LogP contribution in [0.2, 0.25) is 0 Å². The normalized spacial score (nSPS) is 34.0.